The molecule has 34 heavy (non-hydrogen) atoms. The molecule has 0 heterocycles. The lowest BCUT2D eigenvalue weighted by Gasteiger charge is -2.33. The molecule has 0 radical (unpaired) electrons. The molecule has 0 aliphatic heterocycles. The molecular weight excluding hydrogens is 532 g/mol. The zero-order valence-electron chi connectivity index (χ0n) is 19.6. The van der Waals surface area contributed by atoms with Crippen LogP contribution in [0.15, 0.2) is 46.9 Å². The molecule has 0 aliphatic carbocycles. The smallest absolute Gasteiger partial charge is 0.244 e. The summed E-state index contributed by atoms with van der Waals surface area (Å²) >= 11 is 3.37. The van der Waals surface area contributed by atoms with Crippen LogP contribution < -0.4 is 9.62 Å². The van der Waals surface area contributed by atoms with Gasteiger partial charge in [0.1, 0.15) is 12.6 Å². The zero-order valence-corrected chi connectivity index (χ0v) is 22.0. The van der Waals surface area contributed by atoms with Gasteiger partial charge in [0.15, 0.2) is 11.6 Å². The van der Waals surface area contributed by atoms with Gasteiger partial charge in [-0.3, -0.25) is 13.9 Å². The molecule has 2 aromatic rings. The molecule has 0 bridgehead atoms. The van der Waals surface area contributed by atoms with Gasteiger partial charge in [0.25, 0.3) is 0 Å². The first kappa shape index (κ1) is 27.7. The van der Waals surface area contributed by atoms with E-state index in [1.54, 1.807) is 52.0 Å². The fraction of sp³-hybridized carbons (Fsp3) is 0.391. The van der Waals surface area contributed by atoms with E-state index >= 15 is 0 Å². The van der Waals surface area contributed by atoms with Gasteiger partial charge in [-0.25, -0.2) is 17.2 Å². The molecule has 11 heteroatoms. The Morgan fingerprint density at radius 2 is 1.74 bits per heavy atom. The first-order valence-electron chi connectivity index (χ1n) is 10.4. The number of hydrogen-bond acceptors (Lipinski definition) is 4. The summed E-state index contributed by atoms with van der Waals surface area (Å²) in [5.41, 5.74) is -0.0545. The molecule has 2 amide bonds. The highest BCUT2D eigenvalue weighted by molar-refractivity contribution is 9.10. The van der Waals surface area contributed by atoms with Crippen LogP contribution in [0, 0.1) is 11.6 Å². The van der Waals surface area contributed by atoms with Crippen molar-refractivity contribution in [2.75, 3.05) is 17.1 Å². The van der Waals surface area contributed by atoms with Gasteiger partial charge in [-0.1, -0.05) is 28.1 Å². The summed E-state index contributed by atoms with van der Waals surface area (Å²) in [5, 5.41) is 2.82. The number of carbonyl (C=O) groups is 2. The molecule has 1 atom stereocenters. The standard InChI is InChI=1S/C23H28BrF2N3O4S/c1-15(22(31)27-23(2,3)4)28(13-16-7-6-8-17(24)11-16)21(30)14-29(34(5,32)33)18-9-10-19(25)20(26)12-18/h6-12,15H,13-14H2,1-5H3,(H,27,31)/t15-/m0/s1. The van der Waals surface area contributed by atoms with Gasteiger partial charge < -0.3 is 10.2 Å². The third kappa shape index (κ3) is 7.76. The predicted molar refractivity (Wildman–Crippen MR) is 131 cm³/mol. The second-order valence-electron chi connectivity index (χ2n) is 8.93. The third-order valence-corrected chi connectivity index (χ3v) is 6.41. The summed E-state index contributed by atoms with van der Waals surface area (Å²) in [4.78, 5) is 27.5. The lowest BCUT2D eigenvalue weighted by atomic mass is 10.1. The monoisotopic (exact) mass is 559 g/mol. The number of hydrogen-bond donors (Lipinski definition) is 1. The topological polar surface area (TPSA) is 86.8 Å². The Morgan fingerprint density at radius 3 is 2.26 bits per heavy atom. The van der Waals surface area contributed by atoms with Crippen molar-refractivity contribution in [3.8, 4) is 0 Å². The van der Waals surface area contributed by atoms with Crippen LogP contribution in [0.5, 0.6) is 0 Å². The normalized spacial score (nSPS) is 12.7. The Morgan fingerprint density at radius 1 is 1.09 bits per heavy atom. The van der Waals surface area contributed by atoms with Gasteiger partial charge in [-0.2, -0.15) is 0 Å². The molecular formula is C23H28BrF2N3O4S. The van der Waals surface area contributed by atoms with Crippen molar-refractivity contribution >= 4 is 43.5 Å². The highest BCUT2D eigenvalue weighted by atomic mass is 79.9. The number of rotatable bonds is 8. The Bertz CT molecular complexity index is 1170. The van der Waals surface area contributed by atoms with E-state index in [4.69, 9.17) is 0 Å². The Kier molecular flexibility index (Phi) is 8.81. The molecule has 0 aliphatic rings. The Hall–Kier alpha value is -2.53. The number of nitrogens with one attached hydrogen (secondary N) is 1. The number of nitrogens with zero attached hydrogens (tertiary/aromatic N) is 2. The van der Waals surface area contributed by atoms with E-state index in [9.17, 15) is 26.8 Å². The molecule has 2 rings (SSSR count). The van der Waals surface area contributed by atoms with Gasteiger partial charge in [-0.05, 0) is 57.5 Å². The van der Waals surface area contributed by atoms with E-state index in [1.807, 2.05) is 0 Å². The minimum Gasteiger partial charge on any atom is -0.350 e. The molecule has 0 unspecified atom stereocenters. The fourth-order valence-corrected chi connectivity index (χ4v) is 4.43. The third-order valence-electron chi connectivity index (χ3n) is 4.78. The lowest BCUT2D eigenvalue weighted by Crippen LogP contribution is -2.54. The van der Waals surface area contributed by atoms with Gasteiger partial charge in [0, 0.05) is 22.6 Å². The average Bonchev–Trinajstić information content (AvgIpc) is 2.69. The molecule has 0 saturated heterocycles. The van der Waals surface area contributed by atoms with Crippen molar-refractivity contribution < 1.29 is 26.8 Å². The maximum Gasteiger partial charge on any atom is 0.244 e. The fourth-order valence-electron chi connectivity index (χ4n) is 3.14. The summed E-state index contributed by atoms with van der Waals surface area (Å²) in [7, 11) is -4.04. The van der Waals surface area contributed by atoms with Crippen molar-refractivity contribution in [3.05, 3.63) is 64.1 Å². The van der Waals surface area contributed by atoms with Crippen LogP contribution in [0.2, 0.25) is 0 Å². The van der Waals surface area contributed by atoms with Crippen molar-refractivity contribution in [3.63, 3.8) is 0 Å². The molecule has 1 N–H and O–H groups in total. The van der Waals surface area contributed by atoms with Crippen LogP contribution in [0.25, 0.3) is 0 Å². The van der Waals surface area contributed by atoms with Crippen molar-refractivity contribution in [2.24, 2.45) is 0 Å². The van der Waals surface area contributed by atoms with Crippen LogP contribution in [-0.4, -0.2) is 49.5 Å². The molecule has 0 fully saturated rings. The van der Waals surface area contributed by atoms with Crippen LogP contribution in [0.3, 0.4) is 0 Å². The van der Waals surface area contributed by atoms with E-state index in [1.165, 1.54) is 4.90 Å². The average molecular weight is 560 g/mol. The summed E-state index contributed by atoms with van der Waals surface area (Å²) in [6.07, 6.45) is 0.857. The zero-order chi connectivity index (χ0) is 25.8. The van der Waals surface area contributed by atoms with E-state index < -0.39 is 51.6 Å². The maximum absolute atomic E-state index is 13.8. The van der Waals surface area contributed by atoms with Gasteiger partial charge in [0.2, 0.25) is 21.8 Å². The molecule has 186 valence electrons. The first-order valence-corrected chi connectivity index (χ1v) is 13.0. The number of amides is 2. The highest BCUT2D eigenvalue weighted by Gasteiger charge is 2.31. The van der Waals surface area contributed by atoms with Gasteiger partial charge in [0.05, 0.1) is 11.9 Å². The number of sulfonamides is 1. The van der Waals surface area contributed by atoms with E-state index in [0.717, 1.165) is 22.9 Å². The minimum absolute atomic E-state index is 0.0202. The van der Waals surface area contributed by atoms with Gasteiger partial charge in [-0.15, -0.1) is 0 Å². The van der Waals surface area contributed by atoms with Crippen LogP contribution in [0.4, 0.5) is 14.5 Å². The Labute approximate surface area is 207 Å². The number of anilines is 1. The van der Waals surface area contributed by atoms with Crippen molar-refractivity contribution in [1.29, 1.82) is 0 Å². The summed E-state index contributed by atoms with van der Waals surface area (Å²) in [6, 6.07) is 8.73. The number of halogens is 3. The summed E-state index contributed by atoms with van der Waals surface area (Å²) in [6.45, 7) is 6.25. The van der Waals surface area contributed by atoms with Crippen molar-refractivity contribution in [2.45, 2.75) is 45.8 Å². The van der Waals surface area contributed by atoms with Gasteiger partial charge >= 0.3 is 0 Å². The van der Waals surface area contributed by atoms with Crippen molar-refractivity contribution in [1.82, 2.24) is 10.2 Å². The molecule has 7 nitrogen and oxygen atoms in total. The summed E-state index contributed by atoms with van der Waals surface area (Å²) in [5.74, 6) is -3.50. The largest absolute Gasteiger partial charge is 0.350 e. The van der Waals surface area contributed by atoms with Crippen LogP contribution >= 0.6 is 15.9 Å². The highest BCUT2D eigenvalue weighted by Crippen LogP contribution is 2.22. The molecule has 0 saturated carbocycles. The van der Waals surface area contributed by atoms with Crippen LogP contribution in [0.1, 0.15) is 33.3 Å². The molecule has 2 aromatic carbocycles. The molecule has 0 aromatic heterocycles. The maximum atomic E-state index is 13.8. The van der Waals surface area contributed by atoms with Crippen LogP contribution in [-0.2, 0) is 26.2 Å². The number of carbonyl (C=O) groups excluding carboxylic acids is 2. The minimum atomic E-state index is -4.04. The number of benzene rings is 2. The first-order chi connectivity index (χ1) is 15.6. The quantitative estimate of drug-likeness (QED) is 0.532. The second kappa shape index (κ2) is 10.8. The second-order valence-corrected chi connectivity index (χ2v) is 11.8. The SMILES string of the molecule is C[C@@H](C(=O)NC(C)(C)C)N(Cc1cccc(Br)c1)C(=O)CN(c1ccc(F)c(F)c1)S(C)(=O)=O. The van der Waals surface area contributed by atoms with E-state index in [2.05, 4.69) is 21.2 Å². The Balaban J connectivity index is 2.43. The van der Waals surface area contributed by atoms with E-state index in [0.29, 0.717) is 15.9 Å². The summed E-state index contributed by atoms with van der Waals surface area (Å²) < 4.78 is 53.5. The van der Waals surface area contributed by atoms with E-state index in [-0.39, 0.29) is 12.2 Å². The lowest BCUT2D eigenvalue weighted by molar-refractivity contribution is -0.140. The molecule has 0 spiro atoms. The predicted octanol–water partition coefficient (Wildman–Crippen LogP) is 3.83.